The van der Waals surface area contributed by atoms with Gasteiger partial charge in [0.15, 0.2) is 11.7 Å². The number of aryl methyl sites for hydroxylation is 1. The zero-order valence-corrected chi connectivity index (χ0v) is 16.0. The maximum absolute atomic E-state index is 12.0. The predicted octanol–water partition coefficient (Wildman–Crippen LogP) is 5.98. The highest BCUT2D eigenvalue weighted by Crippen LogP contribution is 2.25. The highest BCUT2D eigenvalue weighted by Gasteiger charge is 2.10. The first-order valence-electron chi connectivity index (χ1n) is 7.47. The topological polar surface area (TPSA) is 55.1 Å². The number of nitrogens with one attached hydrogen (secondary N) is 1. The van der Waals surface area contributed by atoms with Crippen molar-refractivity contribution in [3.05, 3.63) is 69.1 Å². The van der Waals surface area contributed by atoms with Crippen molar-refractivity contribution in [2.75, 3.05) is 5.32 Å². The van der Waals surface area contributed by atoms with Crippen molar-refractivity contribution in [1.29, 1.82) is 0 Å². The van der Waals surface area contributed by atoms with E-state index >= 15 is 0 Å². The van der Waals surface area contributed by atoms with Crippen LogP contribution in [-0.2, 0) is 11.2 Å². The van der Waals surface area contributed by atoms with Crippen molar-refractivity contribution in [3.8, 4) is 11.3 Å². The number of carbonyl (C=O) groups is 1. The Labute approximate surface area is 163 Å². The lowest BCUT2D eigenvalue weighted by molar-refractivity contribution is -0.116. The van der Waals surface area contributed by atoms with Crippen LogP contribution in [0.25, 0.3) is 11.3 Å². The van der Waals surface area contributed by atoms with Crippen molar-refractivity contribution >= 4 is 50.7 Å². The number of nitrogens with zero attached hydrogens (tertiary/aromatic N) is 1. The van der Waals surface area contributed by atoms with Crippen molar-refractivity contribution in [2.45, 2.75) is 12.8 Å². The molecule has 4 nitrogen and oxygen atoms in total. The second-order valence-electron chi connectivity index (χ2n) is 5.30. The van der Waals surface area contributed by atoms with Crippen LogP contribution < -0.4 is 5.32 Å². The van der Waals surface area contributed by atoms with Crippen LogP contribution in [-0.4, -0.2) is 10.9 Å². The molecule has 1 aromatic heterocycles. The molecule has 0 spiro atoms. The first kappa shape index (κ1) is 18.0. The van der Waals surface area contributed by atoms with Crippen LogP contribution in [0.1, 0.15) is 12.3 Å². The highest BCUT2D eigenvalue weighted by molar-refractivity contribution is 9.10. The number of hydrogen-bond donors (Lipinski definition) is 1. The van der Waals surface area contributed by atoms with E-state index in [0.29, 0.717) is 33.8 Å². The number of amides is 1. The van der Waals surface area contributed by atoms with Gasteiger partial charge >= 0.3 is 0 Å². The summed E-state index contributed by atoms with van der Waals surface area (Å²) >= 11 is 15.2. The van der Waals surface area contributed by atoms with Crippen LogP contribution >= 0.6 is 39.1 Å². The van der Waals surface area contributed by atoms with Crippen molar-refractivity contribution in [1.82, 2.24) is 4.98 Å². The fourth-order valence-corrected chi connectivity index (χ4v) is 2.75. The van der Waals surface area contributed by atoms with Gasteiger partial charge in [-0.2, -0.15) is 0 Å². The summed E-state index contributed by atoms with van der Waals surface area (Å²) in [5.41, 5.74) is 1.53. The van der Waals surface area contributed by atoms with E-state index in [9.17, 15) is 4.79 Å². The molecule has 0 bridgehead atoms. The van der Waals surface area contributed by atoms with Gasteiger partial charge in [0.25, 0.3) is 0 Å². The summed E-state index contributed by atoms with van der Waals surface area (Å²) in [5, 5.41) is 3.61. The molecule has 0 unspecified atom stereocenters. The molecular weight excluding hydrogens is 427 g/mol. The molecule has 0 radical (unpaired) electrons. The number of halogens is 3. The molecule has 0 atom stereocenters. The number of aromatic nitrogens is 1. The van der Waals surface area contributed by atoms with E-state index in [1.807, 2.05) is 24.3 Å². The quantitative estimate of drug-likeness (QED) is 0.531. The minimum Gasteiger partial charge on any atom is -0.441 e. The fourth-order valence-electron chi connectivity index (χ4n) is 2.19. The average Bonchev–Trinajstić information content (AvgIpc) is 3.06. The monoisotopic (exact) mass is 438 g/mol. The van der Waals surface area contributed by atoms with Gasteiger partial charge in [-0.05, 0) is 30.3 Å². The van der Waals surface area contributed by atoms with E-state index in [1.165, 1.54) is 0 Å². The Morgan fingerprint density at radius 3 is 2.60 bits per heavy atom. The molecule has 0 aliphatic heterocycles. The summed E-state index contributed by atoms with van der Waals surface area (Å²) in [7, 11) is 0. The van der Waals surface area contributed by atoms with Crippen LogP contribution in [0.2, 0.25) is 10.0 Å². The molecule has 25 heavy (non-hydrogen) atoms. The van der Waals surface area contributed by atoms with Gasteiger partial charge in [-0.1, -0.05) is 51.3 Å². The Kier molecular flexibility index (Phi) is 5.78. The number of benzene rings is 2. The number of hydrogen-bond acceptors (Lipinski definition) is 3. The summed E-state index contributed by atoms with van der Waals surface area (Å²) in [5.74, 6) is 1.04. The normalized spacial score (nSPS) is 10.7. The molecule has 0 fully saturated rings. The van der Waals surface area contributed by atoms with E-state index in [-0.39, 0.29) is 12.3 Å². The lowest BCUT2D eigenvalue weighted by atomic mass is 10.2. The largest absolute Gasteiger partial charge is 0.441 e. The molecule has 0 saturated heterocycles. The zero-order chi connectivity index (χ0) is 17.8. The first-order valence-corrected chi connectivity index (χ1v) is 9.02. The number of rotatable bonds is 5. The number of carbonyl (C=O) groups excluding carboxylic acids is 1. The van der Waals surface area contributed by atoms with E-state index in [0.717, 1.165) is 10.0 Å². The molecule has 1 N–H and O–H groups in total. The maximum atomic E-state index is 12.0. The minimum absolute atomic E-state index is 0.151. The van der Waals surface area contributed by atoms with E-state index in [4.69, 9.17) is 27.6 Å². The van der Waals surface area contributed by atoms with Gasteiger partial charge in [0.2, 0.25) is 5.91 Å². The smallest absolute Gasteiger partial charge is 0.224 e. The number of anilines is 1. The summed E-state index contributed by atoms with van der Waals surface area (Å²) in [6, 6.07) is 12.7. The van der Waals surface area contributed by atoms with Gasteiger partial charge in [-0.3, -0.25) is 4.79 Å². The van der Waals surface area contributed by atoms with Crippen molar-refractivity contribution in [3.63, 3.8) is 0 Å². The maximum Gasteiger partial charge on any atom is 0.224 e. The second-order valence-corrected chi connectivity index (χ2v) is 7.03. The third kappa shape index (κ3) is 4.84. The third-order valence-electron chi connectivity index (χ3n) is 3.45. The van der Waals surface area contributed by atoms with Crippen molar-refractivity contribution < 1.29 is 9.21 Å². The molecule has 3 aromatic rings. The lowest BCUT2D eigenvalue weighted by Crippen LogP contribution is -2.12. The van der Waals surface area contributed by atoms with Gasteiger partial charge in [0.05, 0.1) is 16.2 Å². The average molecular weight is 440 g/mol. The van der Waals surface area contributed by atoms with Crippen LogP contribution in [0.5, 0.6) is 0 Å². The summed E-state index contributed by atoms with van der Waals surface area (Å²) in [4.78, 5) is 16.3. The summed E-state index contributed by atoms with van der Waals surface area (Å²) in [6.45, 7) is 0. The third-order valence-corrected chi connectivity index (χ3v) is 4.72. The van der Waals surface area contributed by atoms with E-state index < -0.39 is 0 Å². The van der Waals surface area contributed by atoms with Crippen molar-refractivity contribution in [2.24, 2.45) is 0 Å². The molecule has 3 rings (SSSR count). The van der Waals surface area contributed by atoms with Gasteiger partial charge in [-0.25, -0.2) is 4.98 Å². The minimum atomic E-state index is -0.151. The number of oxazole rings is 1. The molecule has 1 amide bonds. The Balaban J connectivity index is 1.57. The van der Waals surface area contributed by atoms with E-state index in [1.54, 1.807) is 24.4 Å². The fraction of sp³-hybridized carbons (Fsp3) is 0.111. The molecule has 0 aliphatic carbocycles. The molecule has 0 aliphatic rings. The van der Waals surface area contributed by atoms with Gasteiger partial charge in [-0.15, -0.1) is 0 Å². The van der Waals surface area contributed by atoms with Gasteiger partial charge in [0.1, 0.15) is 0 Å². The Hall–Kier alpha value is -1.82. The molecule has 2 aromatic carbocycles. The standard InChI is InChI=1S/C18H13BrCl2N2O2/c19-12-3-1-11(2-4-12)16-10-22-18(25-16)8-7-17(24)23-13-5-6-14(20)15(21)9-13/h1-6,9-10H,7-8H2,(H,23,24). The van der Waals surface area contributed by atoms with E-state index in [2.05, 4.69) is 26.2 Å². The first-order chi connectivity index (χ1) is 12.0. The van der Waals surface area contributed by atoms with Gasteiger partial charge in [0, 0.05) is 28.6 Å². The summed E-state index contributed by atoms with van der Waals surface area (Å²) in [6.07, 6.45) is 2.32. The summed E-state index contributed by atoms with van der Waals surface area (Å²) < 4.78 is 6.70. The molecule has 128 valence electrons. The predicted molar refractivity (Wildman–Crippen MR) is 103 cm³/mol. The Morgan fingerprint density at radius 1 is 1.12 bits per heavy atom. The SMILES string of the molecule is O=C(CCc1ncc(-c2ccc(Br)cc2)o1)Nc1ccc(Cl)c(Cl)c1. The molecule has 0 saturated carbocycles. The molecule has 1 heterocycles. The van der Waals surface area contributed by atoms with Crippen LogP contribution in [0.4, 0.5) is 5.69 Å². The van der Waals surface area contributed by atoms with Crippen LogP contribution in [0, 0.1) is 0 Å². The Bertz CT molecular complexity index is 894. The lowest BCUT2D eigenvalue weighted by Gasteiger charge is -2.05. The molecule has 7 heteroatoms. The van der Waals surface area contributed by atoms with Gasteiger partial charge < -0.3 is 9.73 Å². The molecular formula is C18H13BrCl2N2O2. The second kappa shape index (κ2) is 8.04. The highest BCUT2D eigenvalue weighted by atomic mass is 79.9. The zero-order valence-electron chi connectivity index (χ0n) is 12.9. The Morgan fingerprint density at radius 2 is 1.88 bits per heavy atom. The van der Waals surface area contributed by atoms with Crippen LogP contribution in [0.15, 0.2) is 57.6 Å². The van der Waals surface area contributed by atoms with Crippen LogP contribution in [0.3, 0.4) is 0 Å².